The number of nitrogens with zero attached hydrogens (tertiary/aromatic N) is 3. The first-order valence-electron chi connectivity index (χ1n) is 6.82. The van der Waals surface area contributed by atoms with Crippen molar-refractivity contribution >= 4 is 15.8 Å². The van der Waals surface area contributed by atoms with Crippen molar-refractivity contribution in [2.24, 2.45) is 5.92 Å². The lowest BCUT2D eigenvalue weighted by molar-refractivity contribution is 0.117. The van der Waals surface area contributed by atoms with Gasteiger partial charge in [-0.15, -0.1) is 0 Å². The van der Waals surface area contributed by atoms with E-state index in [1.54, 1.807) is 0 Å². The third-order valence-electron chi connectivity index (χ3n) is 3.37. The number of hydrogen-bond donors (Lipinski definition) is 1. The Morgan fingerprint density at radius 1 is 1.55 bits per heavy atom. The fourth-order valence-electron chi connectivity index (χ4n) is 1.79. The van der Waals surface area contributed by atoms with E-state index >= 15 is 0 Å². The third kappa shape index (κ3) is 3.50. The Hall–Kier alpha value is -1.12. The zero-order valence-electron chi connectivity index (χ0n) is 11.9. The molecule has 1 fully saturated rings. The molecule has 1 aliphatic carbocycles. The smallest absolute Gasteiger partial charge is 0.248 e. The van der Waals surface area contributed by atoms with Gasteiger partial charge < -0.3 is 10.5 Å². The Labute approximate surface area is 119 Å². The minimum absolute atomic E-state index is 0.0394. The lowest BCUT2D eigenvalue weighted by Gasteiger charge is -2.16. The highest BCUT2D eigenvalue weighted by atomic mass is 32.2. The van der Waals surface area contributed by atoms with Gasteiger partial charge in [0.1, 0.15) is 4.90 Å². The van der Waals surface area contributed by atoms with Crippen LogP contribution in [0.5, 0.6) is 0 Å². The van der Waals surface area contributed by atoms with Gasteiger partial charge in [-0.2, -0.15) is 9.40 Å². The van der Waals surface area contributed by atoms with Crippen molar-refractivity contribution in [2.75, 3.05) is 32.5 Å². The Bertz CT molecular complexity index is 551. The predicted molar refractivity (Wildman–Crippen MR) is 75.7 cm³/mol. The summed E-state index contributed by atoms with van der Waals surface area (Å²) in [5.74, 6) is 0.716. The van der Waals surface area contributed by atoms with E-state index in [2.05, 4.69) is 5.10 Å². The van der Waals surface area contributed by atoms with Crippen molar-refractivity contribution in [1.82, 2.24) is 14.1 Å². The standard InChI is InChI=1S/C12H22N4O3S/c1-3-16-8-11(12(13)14-16)20(17,18)15(2)6-7-19-9-10-4-5-10/h8,10H,3-7,9H2,1-2H3,(H2,13,14). The molecule has 8 heteroatoms. The predicted octanol–water partition coefficient (Wildman–Crippen LogP) is 0.532. The Balaban J connectivity index is 1.94. The molecule has 114 valence electrons. The van der Waals surface area contributed by atoms with Crippen LogP contribution in [0.1, 0.15) is 19.8 Å². The number of rotatable bonds is 8. The molecule has 1 aromatic rings. The summed E-state index contributed by atoms with van der Waals surface area (Å²) in [7, 11) is -2.07. The van der Waals surface area contributed by atoms with E-state index < -0.39 is 10.0 Å². The van der Waals surface area contributed by atoms with Crippen molar-refractivity contribution in [3.05, 3.63) is 6.20 Å². The van der Waals surface area contributed by atoms with Crippen molar-refractivity contribution in [2.45, 2.75) is 31.2 Å². The minimum Gasteiger partial charge on any atom is -0.381 e. The third-order valence-corrected chi connectivity index (χ3v) is 5.24. The summed E-state index contributed by atoms with van der Waals surface area (Å²) < 4.78 is 32.9. The first-order valence-corrected chi connectivity index (χ1v) is 8.26. The van der Waals surface area contributed by atoms with Crippen LogP contribution >= 0.6 is 0 Å². The van der Waals surface area contributed by atoms with E-state index in [9.17, 15) is 8.42 Å². The molecule has 2 rings (SSSR count). The SMILES string of the molecule is CCn1cc(S(=O)(=O)N(C)CCOCC2CC2)c(N)n1. The molecule has 2 N–H and O–H groups in total. The molecule has 0 radical (unpaired) electrons. The molecule has 0 bridgehead atoms. The van der Waals surface area contributed by atoms with Gasteiger partial charge in [0.15, 0.2) is 5.82 Å². The van der Waals surface area contributed by atoms with E-state index in [1.165, 1.54) is 35.1 Å². The highest BCUT2D eigenvalue weighted by Crippen LogP contribution is 2.28. The van der Waals surface area contributed by atoms with Gasteiger partial charge in [-0.1, -0.05) is 0 Å². The van der Waals surface area contributed by atoms with Crippen LogP contribution in [0.4, 0.5) is 5.82 Å². The fourth-order valence-corrected chi connectivity index (χ4v) is 3.01. The lowest BCUT2D eigenvalue weighted by atomic mass is 10.5. The van der Waals surface area contributed by atoms with E-state index in [0.29, 0.717) is 25.6 Å². The summed E-state index contributed by atoms with van der Waals surface area (Å²) >= 11 is 0. The van der Waals surface area contributed by atoms with Gasteiger partial charge in [-0.3, -0.25) is 4.68 Å². The van der Waals surface area contributed by atoms with Crippen molar-refractivity contribution in [3.63, 3.8) is 0 Å². The number of ether oxygens (including phenoxy) is 1. The van der Waals surface area contributed by atoms with E-state index in [4.69, 9.17) is 10.5 Å². The zero-order valence-corrected chi connectivity index (χ0v) is 12.8. The Kier molecular flexibility index (Phi) is 4.66. The summed E-state index contributed by atoms with van der Waals surface area (Å²) in [6.45, 7) is 3.88. The molecular formula is C12H22N4O3S. The van der Waals surface area contributed by atoms with Gasteiger partial charge in [-0.05, 0) is 25.7 Å². The Morgan fingerprint density at radius 3 is 2.80 bits per heavy atom. The molecule has 0 unspecified atom stereocenters. The second-order valence-corrected chi connectivity index (χ2v) is 7.09. The van der Waals surface area contributed by atoms with Crippen LogP contribution in [0, 0.1) is 5.92 Å². The van der Waals surface area contributed by atoms with Crippen LogP contribution in [0.25, 0.3) is 0 Å². The van der Waals surface area contributed by atoms with Gasteiger partial charge in [0.2, 0.25) is 10.0 Å². The highest BCUT2D eigenvalue weighted by Gasteiger charge is 2.26. The van der Waals surface area contributed by atoms with Crippen molar-refractivity contribution in [3.8, 4) is 0 Å². The minimum atomic E-state index is -3.60. The summed E-state index contributed by atoms with van der Waals surface area (Å²) in [5.41, 5.74) is 5.67. The number of aromatic nitrogens is 2. The van der Waals surface area contributed by atoms with Gasteiger partial charge in [-0.25, -0.2) is 8.42 Å². The molecule has 1 saturated carbocycles. The molecule has 0 atom stereocenters. The van der Waals surface area contributed by atoms with E-state index in [-0.39, 0.29) is 10.7 Å². The topological polar surface area (TPSA) is 90.5 Å². The zero-order chi connectivity index (χ0) is 14.8. The summed E-state index contributed by atoms with van der Waals surface area (Å²) in [6, 6.07) is 0. The van der Waals surface area contributed by atoms with Crippen molar-refractivity contribution < 1.29 is 13.2 Å². The molecule has 20 heavy (non-hydrogen) atoms. The lowest BCUT2D eigenvalue weighted by Crippen LogP contribution is -2.30. The maximum Gasteiger partial charge on any atom is 0.248 e. The molecule has 0 spiro atoms. The second-order valence-electron chi connectivity index (χ2n) is 5.08. The number of nitrogens with two attached hydrogens (primary N) is 1. The quantitative estimate of drug-likeness (QED) is 0.708. The average molecular weight is 302 g/mol. The van der Waals surface area contributed by atoms with Crippen LogP contribution in [-0.2, 0) is 21.3 Å². The van der Waals surface area contributed by atoms with Crippen LogP contribution in [0.15, 0.2) is 11.1 Å². The number of nitrogen functional groups attached to an aromatic ring is 1. The maximum atomic E-state index is 12.4. The summed E-state index contributed by atoms with van der Waals surface area (Å²) in [4.78, 5) is 0.0593. The number of likely N-dealkylation sites (N-methyl/N-ethyl adjacent to an activating group) is 1. The first kappa shape index (κ1) is 15.3. The number of anilines is 1. The number of hydrogen-bond acceptors (Lipinski definition) is 5. The number of aryl methyl sites for hydroxylation is 1. The van der Waals surface area contributed by atoms with Gasteiger partial charge in [0.25, 0.3) is 0 Å². The molecule has 0 amide bonds. The molecule has 1 aromatic heterocycles. The van der Waals surface area contributed by atoms with E-state index in [0.717, 1.165) is 6.61 Å². The van der Waals surface area contributed by atoms with Crippen molar-refractivity contribution in [1.29, 1.82) is 0 Å². The maximum absolute atomic E-state index is 12.4. The molecular weight excluding hydrogens is 280 g/mol. The summed E-state index contributed by atoms with van der Waals surface area (Å²) in [5, 5.41) is 3.96. The Morgan fingerprint density at radius 2 is 2.25 bits per heavy atom. The summed E-state index contributed by atoms with van der Waals surface area (Å²) in [6.07, 6.45) is 3.91. The molecule has 0 aliphatic heterocycles. The van der Waals surface area contributed by atoms with Gasteiger partial charge in [0, 0.05) is 32.9 Å². The largest absolute Gasteiger partial charge is 0.381 e. The molecule has 7 nitrogen and oxygen atoms in total. The fraction of sp³-hybridized carbons (Fsp3) is 0.750. The van der Waals surface area contributed by atoms with Gasteiger partial charge in [0.05, 0.1) is 6.61 Å². The first-order chi connectivity index (χ1) is 9.45. The van der Waals surface area contributed by atoms with Crippen LogP contribution in [-0.4, -0.2) is 49.3 Å². The second kappa shape index (κ2) is 6.11. The van der Waals surface area contributed by atoms with Gasteiger partial charge >= 0.3 is 0 Å². The average Bonchev–Trinajstić information content (AvgIpc) is 3.15. The molecule has 1 heterocycles. The molecule has 0 aromatic carbocycles. The van der Waals surface area contributed by atoms with Crippen LogP contribution in [0.2, 0.25) is 0 Å². The van der Waals surface area contributed by atoms with E-state index in [1.807, 2.05) is 6.92 Å². The monoisotopic (exact) mass is 302 g/mol. The number of sulfonamides is 1. The normalized spacial score (nSPS) is 15.9. The molecule has 1 aliphatic rings. The highest BCUT2D eigenvalue weighted by molar-refractivity contribution is 7.89. The van der Waals surface area contributed by atoms with Crippen LogP contribution < -0.4 is 5.73 Å². The van der Waals surface area contributed by atoms with Crippen LogP contribution in [0.3, 0.4) is 0 Å². The molecule has 0 saturated heterocycles.